The Morgan fingerprint density at radius 2 is 1.17 bits per heavy atom. The van der Waals surface area contributed by atoms with Crippen molar-refractivity contribution < 1.29 is 5.11 Å². The normalized spacial score (nSPS) is 22.3. The topological polar surface area (TPSA) is 30.0 Å². The van der Waals surface area contributed by atoms with Crippen molar-refractivity contribution in [2.75, 3.05) is 65.5 Å². The largest absolute Gasteiger partial charge is 0.395 e. The van der Waals surface area contributed by atoms with Gasteiger partial charge in [-0.15, -0.1) is 0 Å². The fraction of sp³-hybridized carbons (Fsp3) is 1.00. The van der Waals surface area contributed by atoms with Crippen molar-refractivity contribution in [3.63, 3.8) is 0 Å². The Kier molecular flexibility index (Phi) is 6.41. The second kappa shape index (κ2) is 8.10. The molecule has 106 valence electrons. The summed E-state index contributed by atoms with van der Waals surface area (Å²) in [5.41, 5.74) is 0. The van der Waals surface area contributed by atoms with E-state index in [1.165, 1.54) is 65.0 Å². The number of aliphatic hydroxyl groups excluding tert-OH is 1. The molecule has 18 heavy (non-hydrogen) atoms. The summed E-state index contributed by atoms with van der Waals surface area (Å²) >= 11 is 0. The van der Waals surface area contributed by atoms with Crippen LogP contribution < -0.4 is 0 Å². The zero-order valence-electron chi connectivity index (χ0n) is 11.7. The highest BCUT2D eigenvalue weighted by Gasteiger charge is 2.15. The Morgan fingerprint density at radius 3 is 1.56 bits per heavy atom. The zero-order chi connectivity index (χ0) is 12.6. The van der Waals surface area contributed by atoms with Crippen LogP contribution in [0.25, 0.3) is 0 Å². The van der Waals surface area contributed by atoms with E-state index in [2.05, 4.69) is 14.7 Å². The Balaban J connectivity index is 1.62. The molecule has 0 unspecified atom stereocenters. The van der Waals surface area contributed by atoms with Gasteiger partial charge in [-0.2, -0.15) is 0 Å². The molecule has 2 rings (SSSR count). The van der Waals surface area contributed by atoms with Crippen molar-refractivity contribution in [3.8, 4) is 0 Å². The molecule has 0 aromatic heterocycles. The molecule has 0 bridgehead atoms. The molecule has 0 spiro atoms. The summed E-state index contributed by atoms with van der Waals surface area (Å²) in [4.78, 5) is 7.54. The van der Waals surface area contributed by atoms with E-state index in [1.807, 2.05) is 0 Å². The number of hydrogen-bond acceptors (Lipinski definition) is 4. The van der Waals surface area contributed by atoms with E-state index in [0.29, 0.717) is 6.61 Å². The fourth-order valence-corrected chi connectivity index (χ4v) is 3.05. The Labute approximate surface area is 112 Å². The van der Waals surface area contributed by atoms with Crippen LogP contribution in [0, 0.1) is 0 Å². The van der Waals surface area contributed by atoms with Gasteiger partial charge in [-0.1, -0.05) is 0 Å². The van der Waals surface area contributed by atoms with Gasteiger partial charge in [0.05, 0.1) is 6.61 Å². The zero-order valence-corrected chi connectivity index (χ0v) is 11.7. The minimum absolute atomic E-state index is 0.292. The molecule has 2 heterocycles. The molecule has 0 aliphatic carbocycles. The van der Waals surface area contributed by atoms with E-state index < -0.39 is 0 Å². The molecule has 0 atom stereocenters. The first kappa shape index (κ1) is 14.3. The first-order valence-corrected chi connectivity index (χ1v) is 7.66. The van der Waals surface area contributed by atoms with Crippen LogP contribution in [0.4, 0.5) is 0 Å². The maximum absolute atomic E-state index is 9.15. The number of likely N-dealkylation sites (tertiary alicyclic amines) is 2. The minimum atomic E-state index is 0.292. The maximum Gasteiger partial charge on any atom is 0.0558 e. The lowest BCUT2D eigenvalue weighted by Gasteiger charge is -2.26. The lowest BCUT2D eigenvalue weighted by atomic mass is 10.4. The summed E-state index contributed by atoms with van der Waals surface area (Å²) in [7, 11) is 0. The highest BCUT2D eigenvalue weighted by Crippen LogP contribution is 2.08. The highest BCUT2D eigenvalue weighted by molar-refractivity contribution is 4.71. The van der Waals surface area contributed by atoms with E-state index in [1.54, 1.807) is 0 Å². The van der Waals surface area contributed by atoms with E-state index in [-0.39, 0.29) is 0 Å². The van der Waals surface area contributed by atoms with Crippen molar-refractivity contribution in [2.45, 2.75) is 25.7 Å². The molecule has 4 heteroatoms. The monoisotopic (exact) mass is 255 g/mol. The predicted octanol–water partition coefficient (Wildman–Crippen LogP) is 0.472. The molecule has 2 aliphatic heterocycles. The second-order valence-corrected chi connectivity index (χ2v) is 5.66. The number of aliphatic hydroxyl groups is 1. The molecular weight excluding hydrogens is 226 g/mol. The third-order valence-electron chi connectivity index (χ3n) is 4.28. The van der Waals surface area contributed by atoms with Crippen molar-refractivity contribution in [2.24, 2.45) is 0 Å². The van der Waals surface area contributed by atoms with Crippen molar-refractivity contribution >= 4 is 0 Å². The van der Waals surface area contributed by atoms with Gasteiger partial charge in [0.25, 0.3) is 0 Å². The summed E-state index contributed by atoms with van der Waals surface area (Å²) in [5.74, 6) is 0. The third kappa shape index (κ3) is 4.84. The second-order valence-electron chi connectivity index (χ2n) is 5.66. The average Bonchev–Trinajstić information content (AvgIpc) is 3.05. The summed E-state index contributed by atoms with van der Waals surface area (Å²) in [6, 6.07) is 0. The van der Waals surface area contributed by atoms with Crippen molar-refractivity contribution in [3.05, 3.63) is 0 Å². The lowest BCUT2D eigenvalue weighted by Crippen LogP contribution is -2.39. The van der Waals surface area contributed by atoms with Gasteiger partial charge in [0.15, 0.2) is 0 Å². The molecule has 0 saturated carbocycles. The quantitative estimate of drug-likeness (QED) is 0.683. The first-order chi connectivity index (χ1) is 8.88. The lowest BCUT2D eigenvalue weighted by molar-refractivity contribution is 0.162. The molecule has 0 radical (unpaired) electrons. The Hall–Kier alpha value is -0.160. The van der Waals surface area contributed by atoms with Gasteiger partial charge < -0.3 is 14.9 Å². The highest BCUT2D eigenvalue weighted by atomic mass is 16.3. The number of rotatable bonds is 8. The van der Waals surface area contributed by atoms with Gasteiger partial charge >= 0.3 is 0 Å². The van der Waals surface area contributed by atoms with Crippen LogP contribution in [0.3, 0.4) is 0 Å². The van der Waals surface area contributed by atoms with Crippen LogP contribution in [0.5, 0.6) is 0 Å². The summed E-state index contributed by atoms with van der Waals surface area (Å²) in [5, 5.41) is 9.15. The summed E-state index contributed by atoms with van der Waals surface area (Å²) in [6.45, 7) is 10.8. The fourth-order valence-electron chi connectivity index (χ4n) is 3.05. The van der Waals surface area contributed by atoms with Gasteiger partial charge in [-0.3, -0.25) is 4.90 Å². The summed E-state index contributed by atoms with van der Waals surface area (Å²) < 4.78 is 0. The van der Waals surface area contributed by atoms with E-state index >= 15 is 0 Å². The predicted molar refractivity (Wildman–Crippen MR) is 74.9 cm³/mol. The smallest absolute Gasteiger partial charge is 0.0558 e. The first-order valence-electron chi connectivity index (χ1n) is 7.66. The van der Waals surface area contributed by atoms with Crippen LogP contribution >= 0.6 is 0 Å². The maximum atomic E-state index is 9.15. The van der Waals surface area contributed by atoms with E-state index in [9.17, 15) is 0 Å². The van der Waals surface area contributed by atoms with Gasteiger partial charge in [-0.25, -0.2) is 0 Å². The average molecular weight is 255 g/mol. The number of nitrogens with zero attached hydrogens (tertiary/aromatic N) is 3. The molecule has 4 nitrogen and oxygen atoms in total. The van der Waals surface area contributed by atoms with E-state index in [0.717, 1.165) is 19.6 Å². The SMILES string of the molecule is OCCN(CCN1CCCC1)CCN1CCCC1. The van der Waals surface area contributed by atoms with Gasteiger partial charge in [0, 0.05) is 32.7 Å². The molecule has 2 fully saturated rings. The van der Waals surface area contributed by atoms with Crippen LogP contribution in [-0.2, 0) is 0 Å². The summed E-state index contributed by atoms with van der Waals surface area (Å²) in [6.07, 6.45) is 5.48. The van der Waals surface area contributed by atoms with Crippen LogP contribution in [-0.4, -0.2) is 85.3 Å². The molecule has 0 aromatic rings. The van der Waals surface area contributed by atoms with Crippen LogP contribution in [0.2, 0.25) is 0 Å². The van der Waals surface area contributed by atoms with Crippen molar-refractivity contribution in [1.29, 1.82) is 0 Å². The van der Waals surface area contributed by atoms with Gasteiger partial charge in [-0.05, 0) is 51.9 Å². The third-order valence-corrected chi connectivity index (χ3v) is 4.28. The Bertz CT molecular complexity index is 193. The molecule has 0 aromatic carbocycles. The van der Waals surface area contributed by atoms with Crippen LogP contribution in [0.1, 0.15) is 25.7 Å². The standard InChI is InChI=1S/C14H29N3O/c18-14-13-17(11-9-15-5-1-2-6-15)12-10-16-7-3-4-8-16/h18H,1-14H2. The van der Waals surface area contributed by atoms with Crippen molar-refractivity contribution in [1.82, 2.24) is 14.7 Å². The van der Waals surface area contributed by atoms with Gasteiger partial charge in [0.1, 0.15) is 0 Å². The molecular formula is C14H29N3O. The molecule has 0 amide bonds. The Morgan fingerprint density at radius 1 is 0.722 bits per heavy atom. The minimum Gasteiger partial charge on any atom is -0.395 e. The van der Waals surface area contributed by atoms with Crippen LogP contribution in [0.15, 0.2) is 0 Å². The van der Waals surface area contributed by atoms with Gasteiger partial charge in [0.2, 0.25) is 0 Å². The molecule has 1 N–H and O–H groups in total. The molecule has 2 aliphatic rings. The molecule has 2 saturated heterocycles. The van der Waals surface area contributed by atoms with E-state index in [4.69, 9.17) is 5.11 Å². The number of hydrogen-bond donors (Lipinski definition) is 1.